The fourth-order valence-corrected chi connectivity index (χ4v) is 1.72. The molecule has 0 aromatic heterocycles. The third-order valence-corrected chi connectivity index (χ3v) is 2.64. The molecule has 2 nitrogen and oxygen atoms in total. The fraction of sp³-hybridized carbons (Fsp3) is 0.0769. The van der Waals surface area contributed by atoms with E-state index in [-0.39, 0.29) is 5.82 Å². The van der Waals surface area contributed by atoms with Crippen molar-refractivity contribution < 1.29 is 13.9 Å². The van der Waals surface area contributed by atoms with E-state index in [0.717, 1.165) is 4.47 Å². The SMILES string of the molecule is COc1cc(Br)ccc1Oc1cccc(F)c1. The van der Waals surface area contributed by atoms with E-state index >= 15 is 0 Å². The highest BCUT2D eigenvalue weighted by atomic mass is 79.9. The molecule has 2 aromatic rings. The van der Waals surface area contributed by atoms with Crippen molar-refractivity contribution >= 4 is 15.9 Å². The molecule has 0 N–H and O–H groups in total. The first-order valence-electron chi connectivity index (χ1n) is 4.96. The Labute approximate surface area is 107 Å². The van der Waals surface area contributed by atoms with Crippen LogP contribution in [0.1, 0.15) is 0 Å². The molecule has 0 aliphatic rings. The summed E-state index contributed by atoms with van der Waals surface area (Å²) in [5, 5.41) is 0. The number of methoxy groups -OCH3 is 1. The molecule has 0 saturated carbocycles. The number of ether oxygens (including phenoxy) is 2. The zero-order chi connectivity index (χ0) is 12.3. The van der Waals surface area contributed by atoms with Gasteiger partial charge < -0.3 is 9.47 Å². The molecule has 0 unspecified atom stereocenters. The Hall–Kier alpha value is -1.55. The maximum absolute atomic E-state index is 13.0. The Morgan fingerprint density at radius 1 is 1.06 bits per heavy atom. The van der Waals surface area contributed by atoms with Crippen LogP contribution in [0, 0.1) is 5.82 Å². The summed E-state index contributed by atoms with van der Waals surface area (Å²) in [5.74, 6) is 1.23. The predicted octanol–water partition coefficient (Wildman–Crippen LogP) is 4.39. The lowest BCUT2D eigenvalue weighted by Gasteiger charge is -2.10. The van der Waals surface area contributed by atoms with Gasteiger partial charge in [0.25, 0.3) is 0 Å². The first-order valence-corrected chi connectivity index (χ1v) is 5.75. The number of benzene rings is 2. The molecule has 0 atom stereocenters. The zero-order valence-corrected chi connectivity index (χ0v) is 10.7. The molecule has 2 rings (SSSR count). The van der Waals surface area contributed by atoms with Crippen molar-refractivity contribution in [1.82, 2.24) is 0 Å². The summed E-state index contributed by atoms with van der Waals surface area (Å²) in [6.07, 6.45) is 0. The molecule has 0 heterocycles. The third-order valence-electron chi connectivity index (χ3n) is 2.15. The van der Waals surface area contributed by atoms with E-state index in [9.17, 15) is 4.39 Å². The zero-order valence-electron chi connectivity index (χ0n) is 9.11. The summed E-state index contributed by atoms with van der Waals surface area (Å²) in [7, 11) is 1.56. The van der Waals surface area contributed by atoms with E-state index in [1.54, 1.807) is 31.4 Å². The average Bonchev–Trinajstić information content (AvgIpc) is 2.31. The lowest BCUT2D eigenvalue weighted by Crippen LogP contribution is -1.90. The van der Waals surface area contributed by atoms with Crippen LogP contribution in [0.15, 0.2) is 46.9 Å². The molecule has 88 valence electrons. The normalized spacial score (nSPS) is 10.1. The number of rotatable bonds is 3. The molecule has 2 aromatic carbocycles. The van der Waals surface area contributed by atoms with E-state index in [0.29, 0.717) is 17.2 Å². The summed E-state index contributed by atoms with van der Waals surface area (Å²) in [5.41, 5.74) is 0. The quantitative estimate of drug-likeness (QED) is 0.836. The first-order chi connectivity index (χ1) is 8.19. The highest BCUT2D eigenvalue weighted by molar-refractivity contribution is 9.10. The molecule has 0 radical (unpaired) electrons. The van der Waals surface area contributed by atoms with E-state index < -0.39 is 0 Å². The van der Waals surface area contributed by atoms with Crippen LogP contribution < -0.4 is 9.47 Å². The highest BCUT2D eigenvalue weighted by Gasteiger charge is 2.06. The van der Waals surface area contributed by atoms with Crippen molar-refractivity contribution in [3.8, 4) is 17.2 Å². The van der Waals surface area contributed by atoms with Gasteiger partial charge in [-0.25, -0.2) is 4.39 Å². The van der Waals surface area contributed by atoms with Gasteiger partial charge in [0, 0.05) is 10.5 Å². The van der Waals surface area contributed by atoms with Crippen molar-refractivity contribution in [2.24, 2.45) is 0 Å². The predicted molar refractivity (Wildman–Crippen MR) is 67.2 cm³/mol. The lowest BCUT2D eigenvalue weighted by molar-refractivity contribution is 0.378. The monoisotopic (exact) mass is 296 g/mol. The summed E-state index contributed by atoms with van der Waals surface area (Å²) >= 11 is 3.34. The minimum atomic E-state index is -0.335. The topological polar surface area (TPSA) is 18.5 Å². The van der Waals surface area contributed by atoms with E-state index in [1.807, 2.05) is 6.07 Å². The smallest absolute Gasteiger partial charge is 0.169 e. The largest absolute Gasteiger partial charge is 0.493 e. The van der Waals surface area contributed by atoms with Gasteiger partial charge in [-0.2, -0.15) is 0 Å². The van der Waals surface area contributed by atoms with Crippen LogP contribution in [0.5, 0.6) is 17.2 Å². The number of halogens is 2. The minimum Gasteiger partial charge on any atom is -0.493 e. The van der Waals surface area contributed by atoms with Gasteiger partial charge >= 0.3 is 0 Å². The molecule has 0 aliphatic heterocycles. The van der Waals surface area contributed by atoms with Gasteiger partial charge in [-0.05, 0) is 30.3 Å². The van der Waals surface area contributed by atoms with Crippen LogP contribution in [0.3, 0.4) is 0 Å². The Bertz CT molecular complexity index is 529. The number of hydrogen-bond acceptors (Lipinski definition) is 2. The molecule has 0 fully saturated rings. The van der Waals surface area contributed by atoms with Crippen LogP contribution in [0.4, 0.5) is 4.39 Å². The van der Waals surface area contributed by atoms with Gasteiger partial charge in [-0.3, -0.25) is 0 Å². The molecule has 0 bridgehead atoms. The van der Waals surface area contributed by atoms with E-state index in [1.165, 1.54) is 12.1 Å². The third kappa shape index (κ3) is 2.97. The van der Waals surface area contributed by atoms with Crippen molar-refractivity contribution in [3.63, 3.8) is 0 Å². The van der Waals surface area contributed by atoms with Crippen LogP contribution >= 0.6 is 15.9 Å². The highest BCUT2D eigenvalue weighted by Crippen LogP contribution is 2.33. The van der Waals surface area contributed by atoms with E-state index in [4.69, 9.17) is 9.47 Å². The van der Waals surface area contributed by atoms with Crippen LogP contribution in [-0.4, -0.2) is 7.11 Å². The van der Waals surface area contributed by atoms with Crippen LogP contribution in [0.2, 0.25) is 0 Å². The average molecular weight is 297 g/mol. The summed E-state index contributed by atoms with van der Waals surface area (Å²) in [4.78, 5) is 0. The van der Waals surface area contributed by atoms with Gasteiger partial charge in [0.15, 0.2) is 11.5 Å². The second-order valence-corrected chi connectivity index (χ2v) is 4.27. The Balaban J connectivity index is 2.29. The second-order valence-electron chi connectivity index (χ2n) is 3.35. The Kier molecular flexibility index (Phi) is 3.64. The van der Waals surface area contributed by atoms with Crippen molar-refractivity contribution in [2.75, 3.05) is 7.11 Å². The summed E-state index contributed by atoms with van der Waals surface area (Å²) < 4.78 is 24.6. The second kappa shape index (κ2) is 5.19. The van der Waals surface area contributed by atoms with Gasteiger partial charge in [0.05, 0.1) is 7.11 Å². The summed E-state index contributed by atoms with van der Waals surface area (Å²) in [6.45, 7) is 0. The summed E-state index contributed by atoms with van der Waals surface area (Å²) in [6, 6.07) is 11.3. The van der Waals surface area contributed by atoms with Gasteiger partial charge in [-0.1, -0.05) is 22.0 Å². The molecule has 0 saturated heterocycles. The Morgan fingerprint density at radius 2 is 1.88 bits per heavy atom. The number of hydrogen-bond donors (Lipinski definition) is 0. The van der Waals surface area contributed by atoms with Gasteiger partial charge in [-0.15, -0.1) is 0 Å². The molecule has 4 heteroatoms. The Morgan fingerprint density at radius 3 is 2.59 bits per heavy atom. The van der Waals surface area contributed by atoms with Crippen LogP contribution in [0.25, 0.3) is 0 Å². The minimum absolute atomic E-state index is 0.335. The fourth-order valence-electron chi connectivity index (χ4n) is 1.38. The van der Waals surface area contributed by atoms with Crippen molar-refractivity contribution in [2.45, 2.75) is 0 Å². The molecule has 0 spiro atoms. The van der Waals surface area contributed by atoms with Gasteiger partial charge in [0.1, 0.15) is 11.6 Å². The standard InChI is InChI=1S/C13H10BrFO2/c1-16-13-7-9(14)5-6-12(13)17-11-4-2-3-10(15)8-11/h2-8H,1H3. The first kappa shape index (κ1) is 11.9. The van der Waals surface area contributed by atoms with Crippen molar-refractivity contribution in [3.05, 3.63) is 52.8 Å². The maximum atomic E-state index is 13.0. The van der Waals surface area contributed by atoms with E-state index in [2.05, 4.69) is 15.9 Å². The van der Waals surface area contributed by atoms with Crippen LogP contribution in [-0.2, 0) is 0 Å². The molecular formula is C13H10BrFO2. The maximum Gasteiger partial charge on any atom is 0.169 e. The van der Waals surface area contributed by atoms with Gasteiger partial charge in [0.2, 0.25) is 0 Å². The molecule has 17 heavy (non-hydrogen) atoms. The molecular weight excluding hydrogens is 287 g/mol. The molecule has 0 amide bonds. The van der Waals surface area contributed by atoms with Crippen molar-refractivity contribution in [1.29, 1.82) is 0 Å². The molecule has 0 aliphatic carbocycles. The lowest BCUT2D eigenvalue weighted by atomic mass is 10.3.